The molecule has 4 N–H and O–H groups in total. The predicted octanol–water partition coefficient (Wildman–Crippen LogP) is 15.4. The van der Waals surface area contributed by atoms with Crippen LogP contribution in [0.1, 0.15) is 290 Å². The Morgan fingerprint density at radius 3 is 1.02 bits per heavy atom. The number of phosphoric acid groups is 1. The van der Waals surface area contributed by atoms with Crippen LogP contribution in [0.5, 0.6) is 0 Å². The van der Waals surface area contributed by atoms with Crippen LogP contribution in [0.2, 0.25) is 0 Å². The molecule has 0 saturated heterocycles. The lowest BCUT2D eigenvalue weighted by Gasteiger charge is -2.18. The molecule has 0 saturated carbocycles. The average Bonchev–Trinajstić information content (AvgIpc) is 3.28. The molecule has 0 spiro atoms. The molecule has 3 unspecified atom stereocenters. The number of carbonyl (C=O) groups is 3. The number of aliphatic hydroxyl groups is 1. The van der Waals surface area contributed by atoms with E-state index in [4.69, 9.17) is 13.8 Å². The van der Waals surface area contributed by atoms with Crippen molar-refractivity contribution >= 4 is 25.7 Å². The Kier molecular flexibility index (Phi) is 47.8. The standard InChI is InChI=1S/C53H104NO10P/c1-3-5-7-9-11-13-15-17-19-21-23-25-26-28-30-32-34-36-38-40-42-44-51(56)54-50(53(58)59)48-64-65(60,61)63-47-49(55)46-62-52(57)45-43-41-39-37-35-33-31-29-27-24-22-20-18-16-14-12-10-8-6-4-2/h49-50,55H,3-48H2,1-2H3,(H,54,56)(H,58,59)(H,60,61). The lowest BCUT2D eigenvalue weighted by atomic mass is 10.0. The second kappa shape index (κ2) is 48.9. The van der Waals surface area contributed by atoms with E-state index in [2.05, 4.69) is 19.2 Å². The first-order chi connectivity index (χ1) is 31.6. The van der Waals surface area contributed by atoms with E-state index < -0.39 is 57.6 Å². The van der Waals surface area contributed by atoms with Gasteiger partial charge in [-0.2, -0.15) is 0 Å². The smallest absolute Gasteiger partial charge is 0.472 e. The van der Waals surface area contributed by atoms with Crippen molar-refractivity contribution in [2.75, 3.05) is 19.8 Å². The fourth-order valence-corrected chi connectivity index (χ4v) is 9.15. The highest BCUT2D eigenvalue weighted by Crippen LogP contribution is 2.43. The third-order valence-corrected chi connectivity index (χ3v) is 13.6. The summed E-state index contributed by atoms with van der Waals surface area (Å²) < 4.78 is 27.0. The zero-order valence-electron chi connectivity index (χ0n) is 42.3. The van der Waals surface area contributed by atoms with Crippen LogP contribution >= 0.6 is 7.82 Å². The zero-order chi connectivity index (χ0) is 47.7. The maximum absolute atomic E-state index is 12.4. The fourth-order valence-electron chi connectivity index (χ4n) is 8.38. The minimum absolute atomic E-state index is 0.153. The topological polar surface area (TPSA) is 169 Å². The number of nitrogens with one attached hydrogen (secondary N) is 1. The van der Waals surface area contributed by atoms with Gasteiger partial charge >= 0.3 is 19.8 Å². The van der Waals surface area contributed by atoms with Crippen LogP contribution in [0.25, 0.3) is 0 Å². The summed E-state index contributed by atoms with van der Waals surface area (Å²) in [6, 6.07) is -1.54. The molecule has 12 heteroatoms. The van der Waals surface area contributed by atoms with Gasteiger partial charge in [-0.05, 0) is 12.8 Å². The molecule has 0 aromatic rings. The number of aliphatic carboxylic acids is 1. The van der Waals surface area contributed by atoms with Crippen molar-refractivity contribution in [3.8, 4) is 0 Å². The van der Waals surface area contributed by atoms with Gasteiger partial charge in [0.1, 0.15) is 12.7 Å². The number of carboxylic acid groups (broad SMARTS) is 1. The van der Waals surface area contributed by atoms with Crippen molar-refractivity contribution in [1.29, 1.82) is 0 Å². The molecule has 0 radical (unpaired) electrons. The Morgan fingerprint density at radius 2 is 0.708 bits per heavy atom. The highest BCUT2D eigenvalue weighted by Gasteiger charge is 2.28. The Balaban J connectivity index is 3.75. The van der Waals surface area contributed by atoms with Gasteiger partial charge in [-0.15, -0.1) is 0 Å². The van der Waals surface area contributed by atoms with Crippen LogP contribution in [0.4, 0.5) is 0 Å². The molecule has 0 bridgehead atoms. The number of rotatable bonds is 53. The van der Waals surface area contributed by atoms with E-state index in [0.717, 1.165) is 38.5 Å². The fraction of sp³-hybridized carbons (Fsp3) is 0.943. The number of carboxylic acids is 1. The number of amides is 1. The third kappa shape index (κ3) is 48.7. The number of hydrogen-bond donors (Lipinski definition) is 4. The highest BCUT2D eigenvalue weighted by molar-refractivity contribution is 7.47. The molecule has 0 aromatic carbocycles. The number of phosphoric ester groups is 1. The maximum Gasteiger partial charge on any atom is 0.472 e. The first-order valence-electron chi connectivity index (χ1n) is 27.6. The summed E-state index contributed by atoms with van der Waals surface area (Å²) in [5, 5.41) is 22.0. The van der Waals surface area contributed by atoms with E-state index in [0.29, 0.717) is 12.8 Å². The van der Waals surface area contributed by atoms with E-state index >= 15 is 0 Å². The molecule has 11 nitrogen and oxygen atoms in total. The van der Waals surface area contributed by atoms with Crippen molar-refractivity contribution in [3.63, 3.8) is 0 Å². The minimum atomic E-state index is -4.76. The first kappa shape index (κ1) is 63.5. The molecule has 0 aliphatic heterocycles. The lowest BCUT2D eigenvalue weighted by Crippen LogP contribution is -2.43. The number of unbranched alkanes of at least 4 members (excludes halogenated alkanes) is 39. The van der Waals surface area contributed by atoms with Crippen molar-refractivity contribution < 1.29 is 47.8 Å². The monoisotopic (exact) mass is 946 g/mol. The van der Waals surface area contributed by atoms with Gasteiger partial charge in [0.2, 0.25) is 5.91 Å². The molecule has 0 heterocycles. The summed E-state index contributed by atoms with van der Waals surface area (Å²) in [6.45, 7) is 2.67. The second-order valence-corrected chi connectivity index (χ2v) is 20.6. The Morgan fingerprint density at radius 1 is 0.431 bits per heavy atom. The van der Waals surface area contributed by atoms with E-state index in [-0.39, 0.29) is 12.8 Å². The number of aliphatic hydroxyl groups excluding tert-OH is 1. The van der Waals surface area contributed by atoms with Gasteiger partial charge in [-0.25, -0.2) is 9.36 Å². The summed E-state index contributed by atoms with van der Waals surface area (Å²) >= 11 is 0. The van der Waals surface area contributed by atoms with Crippen molar-refractivity contribution in [3.05, 3.63) is 0 Å². The van der Waals surface area contributed by atoms with Gasteiger partial charge in [-0.3, -0.25) is 18.6 Å². The minimum Gasteiger partial charge on any atom is -0.480 e. The number of ether oxygens (including phenoxy) is 1. The Hall–Kier alpha value is -1.52. The van der Waals surface area contributed by atoms with Crippen molar-refractivity contribution in [1.82, 2.24) is 5.32 Å². The summed E-state index contributed by atoms with van der Waals surface area (Å²) in [6.07, 6.45) is 51.3. The van der Waals surface area contributed by atoms with E-state index in [1.54, 1.807) is 0 Å². The van der Waals surface area contributed by atoms with Crippen LogP contribution < -0.4 is 5.32 Å². The summed E-state index contributed by atoms with van der Waals surface area (Å²) in [7, 11) is -4.76. The normalized spacial score (nSPS) is 13.4. The van der Waals surface area contributed by atoms with Crippen LogP contribution in [0.3, 0.4) is 0 Å². The van der Waals surface area contributed by atoms with Gasteiger partial charge in [0.25, 0.3) is 0 Å². The van der Waals surface area contributed by atoms with Crippen LogP contribution in [0, 0.1) is 0 Å². The zero-order valence-corrected chi connectivity index (χ0v) is 43.2. The second-order valence-electron chi connectivity index (χ2n) is 19.1. The molecular weight excluding hydrogens is 842 g/mol. The van der Waals surface area contributed by atoms with Crippen LogP contribution in [0.15, 0.2) is 0 Å². The average molecular weight is 946 g/mol. The molecule has 386 valence electrons. The van der Waals surface area contributed by atoms with Crippen molar-refractivity contribution in [2.45, 2.75) is 302 Å². The molecule has 0 fully saturated rings. The summed E-state index contributed by atoms with van der Waals surface area (Å²) in [5.74, 6) is -2.34. The van der Waals surface area contributed by atoms with E-state index in [1.165, 1.54) is 212 Å². The van der Waals surface area contributed by atoms with E-state index in [9.17, 15) is 34.1 Å². The van der Waals surface area contributed by atoms with Gasteiger partial charge in [0.05, 0.1) is 13.2 Å². The van der Waals surface area contributed by atoms with Gasteiger partial charge < -0.3 is 25.2 Å². The van der Waals surface area contributed by atoms with E-state index in [1.807, 2.05) is 0 Å². The van der Waals surface area contributed by atoms with Crippen LogP contribution in [-0.2, 0) is 32.7 Å². The molecule has 0 aromatic heterocycles. The first-order valence-corrected chi connectivity index (χ1v) is 29.1. The third-order valence-electron chi connectivity index (χ3n) is 12.6. The Bertz CT molecular complexity index is 1110. The molecule has 0 rings (SSSR count). The van der Waals surface area contributed by atoms with Gasteiger partial charge in [-0.1, -0.05) is 264 Å². The van der Waals surface area contributed by atoms with Gasteiger partial charge in [0, 0.05) is 12.8 Å². The molecule has 1 amide bonds. The Labute approximate surface area is 399 Å². The summed E-state index contributed by atoms with van der Waals surface area (Å²) in [4.78, 5) is 46.2. The molecule has 65 heavy (non-hydrogen) atoms. The lowest BCUT2D eigenvalue weighted by molar-refractivity contribution is -0.147. The SMILES string of the molecule is CCCCCCCCCCCCCCCCCCCCCCCC(=O)NC(COP(=O)(O)OCC(O)COC(=O)CCCCCCCCCCCCCCCCCCCCCC)C(=O)O. The van der Waals surface area contributed by atoms with Crippen LogP contribution in [-0.4, -0.2) is 64.9 Å². The highest BCUT2D eigenvalue weighted by atomic mass is 31.2. The summed E-state index contributed by atoms with van der Waals surface area (Å²) in [5.41, 5.74) is 0. The molecule has 3 atom stereocenters. The number of carbonyl (C=O) groups excluding carboxylic acids is 2. The predicted molar refractivity (Wildman–Crippen MR) is 268 cm³/mol. The maximum atomic E-state index is 12.4. The molecule has 0 aliphatic rings. The molecule has 0 aliphatic carbocycles. The van der Waals surface area contributed by atoms with Crippen molar-refractivity contribution in [2.24, 2.45) is 0 Å². The quantitative estimate of drug-likeness (QED) is 0.0262. The number of hydrogen-bond acceptors (Lipinski definition) is 8. The number of esters is 1. The largest absolute Gasteiger partial charge is 0.480 e. The van der Waals surface area contributed by atoms with Gasteiger partial charge in [0.15, 0.2) is 6.04 Å². The molecular formula is C53H104NO10P.